The van der Waals surface area contributed by atoms with Crippen molar-refractivity contribution in [2.75, 3.05) is 31.1 Å². The number of nitrogens with one attached hydrogen (secondary N) is 1. The Morgan fingerprint density at radius 1 is 1.14 bits per heavy atom. The first-order chi connectivity index (χ1) is 21.3. The number of hydrogen-bond donors (Lipinski definition) is 2. The van der Waals surface area contributed by atoms with Crippen molar-refractivity contribution >= 4 is 27.5 Å². The smallest absolute Gasteiger partial charge is 0.319 e. The molecule has 4 aliphatic rings. The molecule has 225 valence electrons. The number of rotatable bonds is 5. The van der Waals surface area contributed by atoms with Crippen LogP contribution in [0, 0.1) is 30.9 Å². The van der Waals surface area contributed by atoms with Gasteiger partial charge in [-0.25, -0.2) is 8.78 Å². The summed E-state index contributed by atoms with van der Waals surface area (Å²) >= 11 is 0. The number of hydrogen-bond acceptors (Lipinski definition) is 8. The lowest BCUT2D eigenvalue weighted by Gasteiger charge is -2.35. The lowest BCUT2D eigenvalue weighted by Crippen LogP contribution is -2.51. The number of anilines is 1. The summed E-state index contributed by atoms with van der Waals surface area (Å²) in [4.78, 5) is 18.6. The highest BCUT2D eigenvalue weighted by atomic mass is 19.1. The van der Waals surface area contributed by atoms with Gasteiger partial charge in [0.1, 0.15) is 35.2 Å². The Morgan fingerprint density at radius 2 is 1.95 bits per heavy atom. The van der Waals surface area contributed by atoms with E-state index in [1.54, 1.807) is 6.20 Å². The fourth-order valence-electron chi connectivity index (χ4n) is 8.05. The number of ether oxygens (including phenoxy) is 1. The highest BCUT2D eigenvalue weighted by Gasteiger charge is 2.48. The molecule has 8 rings (SSSR count). The van der Waals surface area contributed by atoms with Gasteiger partial charge >= 0.3 is 6.01 Å². The first-order valence-corrected chi connectivity index (χ1v) is 15.4. The van der Waals surface area contributed by atoms with Crippen molar-refractivity contribution in [3.63, 3.8) is 0 Å². The predicted molar refractivity (Wildman–Crippen MR) is 164 cm³/mol. The third-order valence-electron chi connectivity index (χ3n) is 10.1. The van der Waals surface area contributed by atoms with E-state index in [1.807, 2.05) is 0 Å². The van der Waals surface area contributed by atoms with Crippen molar-refractivity contribution in [1.29, 1.82) is 0 Å². The number of terminal acetylenes is 1. The molecule has 2 bridgehead atoms. The number of phenols is 1. The van der Waals surface area contributed by atoms with Crippen LogP contribution in [-0.2, 0) is 0 Å². The second-order valence-electron chi connectivity index (χ2n) is 12.7. The summed E-state index contributed by atoms with van der Waals surface area (Å²) in [5.74, 6) is 1.53. The summed E-state index contributed by atoms with van der Waals surface area (Å²) in [5, 5.41) is 15.4. The van der Waals surface area contributed by atoms with Gasteiger partial charge in [-0.3, -0.25) is 9.88 Å². The molecule has 44 heavy (non-hydrogen) atoms. The average Bonchev–Trinajstić information content (AvgIpc) is 3.69. The van der Waals surface area contributed by atoms with Crippen LogP contribution < -0.4 is 15.0 Å². The summed E-state index contributed by atoms with van der Waals surface area (Å²) in [6, 6.07) is 6.59. The summed E-state index contributed by atoms with van der Waals surface area (Å²) in [6.07, 6.45) is 13.5. The second kappa shape index (κ2) is 10.2. The molecule has 4 aromatic rings. The molecule has 6 heterocycles. The number of nitrogens with zero attached hydrogens (tertiary/aromatic N) is 5. The molecule has 4 fully saturated rings. The number of benzene rings is 2. The minimum absolute atomic E-state index is 0.0249. The number of aromatic hydroxyl groups is 1. The fourth-order valence-corrected chi connectivity index (χ4v) is 8.05. The van der Waals surface area contributed by atoms with E-state index in [-0.39, 0.29) is 45.7 Å². The monoisotopic (exact) mass is 595 g/mol. The zero-order chi connectivity index (χ0) is 30.2. The third kappa shape index (κ3) is 4.28. The molecule has 4 atom stereocenters. The molecule has 0 spiro atoms. The summed E-state index contributed by atoms with van der Waals surface area (Å²) in [7, 11) is 0. The van der Waals surface area contributed by atoms with Crippen LogP contribution >= 0.6 is 0 Å². The van der Waals surface area contributed by atoms with Gasteiger partial charge in [0.2, 0.25) is 0 Å². The zero-order valence-corrected chi connectivity index (χ0v) is 24.3. The van der Waals surface area contributed by atoms with Crippen LogP contribution in [0.25, 0.3) is 32.9 Å². The van der Waals surface area contributed by atoms with Gasteiger partial charge in [0, 0.05) is 48.4 Å². The number of piperazine rings is 1. The van der Waals surface area contributed by atoms with E-state index in [2.05, 4.69) is 37.9 Å². The van der Waals surface area contributed by atoms with Crippen molar-refractivity contribution in [1.82, 2.24) is 25.2 Å². The van der Waals surface area contributed by atoms with Gasteiger partial charge in [-0.1, -0.05) is 12.0 Å². The van der Waals surface area contributed by atoms with E-state index in [0.717, 1.165) is 58.2 Å². The van der Waals surface area contributed by atoms with Gasteiger partial charge < -0.3 is 20.1 Å². The van der Waals surface area contributed by atoms with Gasteiger partial charge in [0.05, 0.1) is 16.5 Å². The normalized spacial score (nSPS) is 26.4. The average molecular weight is 596 g/mol. The molecule has 0 aliphatic carbocycles. The Morgan fingerprint density at radius 3 is 2.75 bits per heavy atom. The highest BCUT2D eigenvalue weighted by molar-refractivity contribution is 6.03. The van der Waals surface area contributed by atoms with E-state index in [9.17, 15) is 9.50 Å². The zero-order valence-electron chi connectivity index (χ0n) is 24.3. The molecule has 10 heteroatoms. The van der Waals surface area contributed by atoms with Crippen LogP contribution in [-0.4, -0.2) is 74.9 Å². The molecule has 2 N–H and O–H groups in total. The Hall–Kier alpha value is -4.07. The third-order valence-corrected chi connectivity index (χ3v) is 10.1. The Balaban J connectivity index is 1.28. The molecule has 0 saturated carbocycles. The van der Waals surface area contributed by atoms with Gasteiger partial charge in [0.25, 0.3) is 0 Å². The Kier molecular flexibility index (Phi) is 6.40. The van der Waals surface area contributed by atoms with Crippen LogP contribution in [0.4, 0.5) is 14.6 Å². The van der Waals surface area contributed by atoms with Crippen molar-refractivity contribution in [2.45, 2.75) is 62.2 Å². The Bertz CT molecular complexity index is 1850. The predicted octanol–water partition coefficient (Wildman–Crippen LogP) is 4.96. The molecule has 0 amide bonds. The first kappa shape index (κ1) is 27.5. The molecular formula is C34H33F2N6O2. The first-order valence-electron chi connectivity index (χ1n) is 15.4. The van der Waals surface area contributed by atoms with E-state index < -0.39 is 11.6 Å². The summed E-state index contributed by atoms with van der Waals surface area (Å²) in [5.41, 5.74) is 0.00810. The molecule has 4 aliphatic heterocycles. The van der Waals surface area contributed by atoms with Crippen LogP contribution in [0.3, 0.4) is 0 Å². The van der Waals surface area contributed by atoms with Crippen LogP contribution in [0.2, 0.25) is 0 Å². The number of fused-ring (bicyclic) bond motifs is 5. The number of halogens is 2. The second-order valence-corrected chi connectivity index (χ2v) is 12.7. The summed E-state index contributed by atoms with van der Waals surface area (Å²) < 4.78 is 37.9. The molecular weight excluding hydrogens is 562 g/mol. The van der Waals surface area contributed by atoms with E-state index in [4.69, 9.17) is 16.1 Å². The lowest BCUT2D eigenvalue weighted by atomic mass is 9.95. The molecule has 2 aromatic heterocycles. The lowest BCUT2D eigenvalue weighted by molar-refractivity contribution is 0.0941. The number of aromatic nitrogens is 3. The van der Waals surface area contributed by atoms with E-state index >= 15 is 4.39 Å². The maximum absolute atomic E-state index is 16.8. The van der Waals surface area contributed by atoms with E-state index in [1.165, 1.54) is 24.3 Å². The van der Waals surface area contributed by atoms with Crippen LogP contribution in [0.5, 0.6) is 11.8 Å². The standard InChI is InChI=1S/C34H33F2N6O2/c1-3-24-27(35)8-5-20-13-23(43)14-25(28(20)24)30-29(36)31-26(15-37-30)32(41-16-21-6-7-22(17-41)38-21)40-33(39-31)44-18-34-10-4-12-42(34)19(2)9-11-34/h1,5,8,13-15,19,21-22,38,43H,2,4,6-7,9-12,16-18H2/t19-,21?,22?,34-/m0/s1. The maximum atomic E-state index is 16.8. The maximum Gasteiger partial charge on any atom is 0.319 e. The van der Waals surface area contributed by atoms with Gasteiger partial charge in [-0.15, -0.1) is 6.42 Å². The fraction of sp³-hybridized carbons (Fsp3) is 0.412. The van der Waals surface area contributed by atoms with Gasteiger partial charge in [-0.2, -0.15) is 9.97 Å². The quantitative estimate of drug-likeness (QED) is 0.313. The van der Waals surface area contributed by atoms with Crippen molar-refractivity contribution in [3.05, 3.63) is 54.6 Å². The summed E-state index contributed by atoms with van der Waals surface area (Å²) in [6.45, 7) is 7.18. The van der Waals surface area contributed by atoms with Crippen LogP contribution in [0.15, 0.2) is 30.5 Å². The van der Waals surface area contributed by atoms with Crippen molar-refractivity contribution in [3.8, 4) is 35.4 Å². The minimum atomic E-state index is -0.715. The van der Waals surface area contributed by atoms with Crippen molar-refractivity contribution < 1.29 is 18.6 Å². The largest absolute Gasteiger partial charge is 0.508 e. The molecule has 1 radical (unpaired) electrons. The molecule has 4 saturated heterocycles. The Labute approximate surface area is 254 Å². The van der Waals surface area contributed by atoms with E-state index in [0.29, 0.717) is 40.7 Å². The molecule has 2 aromatic carbocycles. The highest BCUT2D eigenvalue weighted by Crippen LogP contribution is 2.43. The van der Waals surface area contributed by atoms with Gasteiger partial charge in [0.15, 0.2) is 5.82 Å². The number of phenolic OH excluding ortho intramolecular Hbond substituents is 1. The number of pyridine rings is 1. The molecule has 8 nitrogen and oxygen atoms in total. The minimum Gasteiger partial charge on any atom is -0.508 e. The van der Waals surface area contributed by atoms with Gasteiger partial charge in [-0.05, 0) is 75.6 Å². The molecule has 2 unspecified atom stereocenters. The van der Waals surface area contributed by atoms with Crippen molar-refractivity contribution in [2.24, 2.45) is 0 Å². The van der Waals surface area contributed by atoms with Crippen LogP contribution in [0.1, 0.15) is 44.1 Å². The topological polar surface area (TPSA) is 86.6 Å². The SMILES string of the molecule is C#Cc1c(F)ccc2cc(O)cc(-c3ncc4c(N5CC6CCC(C5)N6)nc(OC[C@@]56CCCN5[C@@H]([CH2])CC6)nc4c3F)c12.